The highest BCUT2D eigenvalue weighted by molar-refractivity contribution is 5.75. The van der Waals surface area contributed by atoms with Crippen molar-refractivity contribution in [3.63, 3.8) is 0 Å². The number of carbonyl (C=O) groups is 1. The maximum atomic E-state index is 11.7. The molecule has 1 atom stereocenters. The van der Waals surface area contributed by atoms with E-state index in [9.17, 15) is 4.79 Å². The third-order valence-corrected chi connectivity index (χ3v) is 4.13. The predicted octanol–water partition coefficient (Wildman–Crippen LogP) is 0.801. The Kier molecular flexibility index (Phi) is 8.11. The van der Waals surface area contributed by atoms with Gasteiger partial charge in [0.1, 0.15) is 6.04 Å². The molecule has 0 aromatic rings. The molecule has 0 spiro atoms. The molecule has 118 valence electrons. The standard InChI is InChI=1S/C15H31N3O2/c1-5-20-15(19)14(16-2)8-11-18(4)12-13-6-9-17(3)10-7-13/h13-14,16H,5-12H2,1-4H3. The zero-order valence-corrected chi connectivity index (χ0v) is 13.5. The van der Waals surface area contributed by atoms with Crippen molar-refractivity contribution < 1.29 is 9.53 Å². The lowest BCUT2D eigenvalue weighted by Gasteiger charge is -2.32. The molecule has 1 heterocycles. The third kappa shape index (κ3) is 6.20. The van der Waals surface area contributed by atoms with E-state index in [0.29, 0.717) is 6.61 Å². The van der Waals surface area contributed by atoms with Gasteiger partial charge in [-0.2, -0.15) is 0 Å². The second kappa shape index (κ2) is 9.32. The minimum absolute atomic E-state index is 0.136. The van der Waals surface area contributed by atoms with Gasteiger partial charge in [-0.3, -0.25) is 4.79 Å². The molecule has 0 amide bonds. The van der Waals surface area contributed by atoms with Gasteiger partial charge in [0.2, 0.25) is 0 Å². The Morgan fingerprint density at radius 3 is 2.65 bits per heavy atom. The molecule has 1 unspecified atom stereocenters. The van der Waals surface area contributed by atoms with Gasteiger partial charge in [-0.25, -0.2) is 0 Å². The molecule has 20 heavy (non-hydrogen) atoms. The number of likely N-dealkylation sites (N-methyl/N-ethyl adjacent to an activating group) is 1. The third-order valence-electron chi connectivity index (χ3n) is 4.13. The van der Waals surface area contributed by atoms with Crippen LogP contribution in [-0.4, -0.2) is 75.7 Å². The summed E-state index contributed by atoms with van der Waals surface area (Å²) in [5, 5.41) is 3.04. The fourth-order valence-corrected chi connectivity index (χ4v) is 2.75. The SMILES string of the molecule is CCOC(=O)C(CCN(C)CC1CCN(C)CC1)NC. The molecule has 1 saturated heterocycles. The van der Waals surface area contributed by atoms with Crippen molar-refractivity contribution in [2.24, 2.45) is 5.92 Å². The number of likely N-dealkylation sites (tertiary alicyclic amines) is 1. The van der Waals surface area contributed by atoms with Crippen molar-refractivity contribution in [1.82, 2.24) is 15.1 Å². The zero-order valence-electron chi connectivity index (χ0n) is 13.5. The molecule has 5 heteroatoms. The van der Waals surface area contributed by atoms with Crippen LogP contribution in [-0.2, 0) is 9.53 Å². The van der Waals surface area contributed by atoms with Crippen molar-refractivity contribution in [3.05, 3.63) is 0 Å². The predicted molar refractivity (Wildman–Crippen MR) is 81.8 cm³/mol. The van der Waals surface area contributed by atoms with Crippen LogP contribution in [0.1, 0.15) is 26.2 Å². The minimum atomic E-state index is -0.185. The van der Waals surface area contributed by atoms with E-state index in [4.69, 9.17) is 4.74 Å². The van der Waals surface area contributed by atoms with Gasteiger partial charge in [-0.1, -0.05) is 0 Å². The van der Waals surface area contributed by atoms with Crippen molar-refractivity contribution in [2.45, 2.75) is 32.2 Å². The van der Waals surface area contributed by atoms with Gasteiger partial charge < -0.3 is 19.9 Å². The molecule has 0 bridgehead atoms. The van der Waals surface area contributed by atoms with Crippen LogP contribution in [0.4, 0.5) is 0 Å². The van der Waals surface area contributed by atoms with E-state index in [1.165, 1.54) is 25.9 Å². The summed E-state index contributed by atoms with van der Waals surface area (Å²) in [7, 11) is 6.16. The van der Waals surface area contributed by atoms with E-state index in [2.05, 4.69) is 29.2 Å². The van der Waals surface area contributed by atoms with Gasteiger partial charge >= 0.3 is 5.97 Å². The Hall–Kier alpha value is -0.650. The van der Waals surface area contributed by atoms with E-state index in [1.807, 2.05) is 14.0 Å². The monoisotopic (exact) mass is 285 g/mol. The highest BCUT2D eigenvalue weighted by Crippen LogP contribution is 2.16. The lowest BCUT2D eigenvalue weighted by Crippen LogP contribution is -2.40. The number of esters is 1. The van der Waals surface area contributed by atoms with Crippen LogP contribution in [0.2, 0.25) is 0 Å². The van der Waals surface area contributed by atoms with Gasteiger partial charge in [0.25, 0.3) is 0 Å². The Bertz CT molecular complexity index is 278. The molecule has 1 aliphatic rings. The fraction of sp³-hybridized carbons (Fsp3) is 0.933. The lowest BCUT2D eigenvalue weighted by molar-refractivity contribution is -0.145. The van der Waals surface area contributed by atoms with Crippen LogP contribution in [0.15, 0.2) is 0 Å². The van der Waals surface area contributed by atoms with E-state index < -0.39 is 0 Å². The summed E-state index contributed by atoms with van der Waals surface area (Å²) in [5.74, 6) is 0.662. The van der Waals surface area contributed by atoms with Gasteiger partial charge in [0.15, 0.2) is 0 Å². The van der Waals surface area contributed by atoms with Crippen LogP contribution >= 0.6 is 0 Å². The first-order valence-corrected chi connectivity index (χ1v) is 7.77. The molecule has 1 fully saturated rings. The molecule has 0 aromatic carbocycles. The van der Waals surface area contributed by atoms with Crippen molar-refractivity contribution >= 4 is 5.97 Å². The highest BCUT2D eigenvalue weighted by Gasteiger charge is 2.20. The number of piperidine rings is 1. The van der Waals surface area contributed by atoms with Gasteiger partial charge in [0.05, 0.1) is 6.61 Å². The number of ether oxygens (including phenoxy) is 1. The molecule has 1 N–H and O–H groups in total. The Morgan fingerprint density at radius 1 is 1.45 bits per heavy atom. The number of hydrogen-bond acceptors (Lipinski definition) is 5. The minimum Gasteiger partial charge on any atom is -0.465 e. The van der Waals surface area contributed by atoms with Gasteiger partial charge in [0, 0.05) is 6.54 Å². The number of nitrogens with one attached hydrogen (secondary N) is 1. The van der Waals surface area contributed by atoms with Gasteiger partial charge in [-0.05, 0) is 72.9 Å². The quantitative estimate of drug-likeness (QED) is 0.668. The molecular weight excluding hydrogens is 254 g/mol. The Morgan fingerprint density at radius 2 is 2.10 bits per heavy atom. The largest absolute Gasteiger partial charge is 0.465 e. The van der Waals surface area contributed by atoms with Gasteiger partial charge in [-0.15, -0.1) is 0 Å². The molecular formula is C15H31N3O2. The second-order valence-corrected chi connectivity index (χ2v) is 5.89. The summed E-state index contributed by atoms with van der Waals surface area (Å²) in [4.78, 5) is 16.4. The number of hydrogen-bond donors (Lipinski definition) is 1. The second-order valence-electron chi connectivity index (χ2n) is 5.89. The molecule has 1 aliphatic heterocycles. The van der Waals surface area contributed by atoms with Crippen LogP contribution in [0.3, 0.4) is 0 Å². The summed E-state index contributed by atoms with van der Waals surface area (Å²) in [6.07, 6.45) is 3.38. The summed E-state index contributed by atoms with van der Waals surface area (Å²) >= 11 is 0. The normalized spacial score (nSPS) is 19.2. The lowest BCUT2D eigenvalue weighted by atomic mass is 9.96. The highest BCUT2D eigenvalue weighted by atomic mass is 16.5. The summed E-state index contributed by atoms with van der Waals surface area (Å²) in [6, 6.07) is -0.185. The fourth-order valence-electron chi connectivity index (χ4n) is 2.75. The maximum Gasteiger partial charge on any atom is 0.323 e. The van der Waals surface area contributed by atoms with Crippen molar-refractivity contribution in [3.8, 4) is 0 Å². The van der Waals surface area contributed by atoms with E-state index in [1.54, 1.807) is 0 Å². The number of rotatable bonds is 8. The van der Waals surface area contributed by atoms with Crippen LogP contribution in [0.25, 0.3) is 0 Å². The Balaban J connectivity index is 2.24. The maximum absolute atomic E-state index is 11.7. The van der Waals surface area contributed by atoms with Crippen LogP contribution < -0.4 is 5.32 Å². The number of nitrogens with zero attached hydrogens (tertiary/aromatic N) is 2. The molecule has 0 aliphatic carbocycles. The topological polar surface area (TPSA) is 44.8 Å². The first-order chi connectivity index (χ1) is 9.56. The zero-order chi connectivity index (χ0) is 15.0. The van der Waals surface area contributed by atoms with E-state index in [-0.39, 0.29) is 12.0 Å². The van der Waals surface area contributed by atoms with Crippen molar-refractivity contribution in [1.29, 1.82) is 0 Å². The summed E-state index contributed by atoms with van der Waals surface area (Å²) in [5.41, 5.74) is 0. The van der Waals surface area contributed by atoms with Crippen molar-refractivity contribution in [2.75, 3.05) is 53.9 Å². The average molecular weight is 285 g/mol. The smallest absolute Gasteiger partial charge is 0.323 e. The summed E-state index contributed by atoms with van der Waals surface area (Å²) in [6.45, 7) is 6.77. The molecule has 0 saturated carbocycles. The van der Waals surface area contributed by atoms with Crippen LogP contribution in [0, 0.1) is 5.92 Å². The van der Waals surface area contributed by atoms with Crippen LogP contribution in [0.5, 0.6) is 0 Å². The first-order valence-electron chi connectivity index (χ1n) is 7.77. The van der Waals surface area contributed by atoms with E-state index in [0.717, 1.165) is 25.4 Å². The molecule has 1 rings (SSSR count). The first kappa shape index (κ1) is 17.4. The number of carbonyl (C=O) groups excluding carboxylic acids is 1. The summed E-state index contributed by atoms with van der Waals surface area (Å²) < 4.78 is 5.06. The molecule has 0 aromatic heterocycles. The average Bonchev–Trinajstić information content (AvgIpc) is 2.42. The van der Waals surface area contributed by atoms with E-state index >= 15 is 0 Å². The Labute approximate surface area is 123 Å². The molecule has 5 nitrogen and oxygen atoms in total. The molecule has 0 radical (unpaired) electrons.